The molecule has 1 saturated carbocycles. The lowest BCUT2D eigenvalue weighted by Gasteiger charge is -2.14. The number of hydrogen-bond donors (Lipinski definition) is 1. The monoisotopic (exact) mass is 409 g/mol. The molecule has 2 aromatic heterocycles. The molecule has 2 heterocycles. The number of hydrogen-bond acceptors (Lipinski definition) is 5. The third kappa shape index (κ3) is 4.40. The summed E-state index contributed by atoms with van der Waals surface area (Å²) in [5.41, 5.74) is 2.93. The van der Waals surface area contributed by atoms with Crippen LogP contribution in [0.4, 0.5) is 5.82 Å². The molecule has 0 saturated heterocycles. The number of aromatic nitrogens is 2. The van der Waals surface area contributed by atoms with Gasteiger partial charge in [0, 0.05) is 11.6 Å². The summed E-state index contributed by atoms with van der Waals surface area (Å²) in [6, 6.07) is 12.0. The highest BCUT2D eigenvalue weighted by Crippen LogP contribution is 2.31. The van der Waals surface area contributed by atoms with Crippen molar-refractivity contribution in [1.29, 1.82) is 0 Å². The summed E-state index contributed by atoms with van der Waals surface area (Å²) in [7, 11) is 0. The van der Waals surface area contributed by atoms with Gasteiger partial charge >= 0.3 is 5.97 Å². The van der Waals surface area contributed by atoms with Crippen molar-refractivity contribution in [2.24, 2.45) is 0 Å². The number of nitrogens with one attached hydrogen (secondary N) is 1. The molecule has 1 aliphatic rings. The molecule has 0 atom stereocenters. The van der Waals surface area contributed by atoms with E-state index in [0.717, 1.165) is 29.5 Å². The van der Waals surface area contributed by atoms with Gasteiger partial charge in [-0.2, -0.15) is 5.10 Å². The fourth-order valence-electron chi connectivity index (χ4n) is 3.66. The van der Waals surface area contributed by atoms with Crippen molar-refractivity contribution in [1.82, 2.24) is 9.78 Å². The minimum atomic E-state index is -0.491. The van der Waals surface area contributed by atoms with E-state index in [-0.39, 0.29) is 12.5 Å². The number of thiophene rings is 1. The van der Waals surface area contributed by atoms with E-state index < -0.39 is 5.97 Å². The molecule has 7 heteroatoms. The summed E-state index contributed by atoms with van der Waals surface area (Å²) in [5.74, 6) is -0.212. The summed E-state index contributed by atoms with van der Waals surface area (Å²) in [6.45, 7) is 1.68. The minimum absolute atomic E-state index is 0.325. The number of nitrogens with zero attached hydrogens (tertiary/aromatic N) is 2. The number of ether oxygens (including phenoxy) is 1. The molecule has 4 rings (SSSR count). The van der Waals surface area contributed by atoms with Crippen LogP contribution >= 0.6 is 11.3 Å². The quantitative estimate of drug-likeness (QED) is 0.592. The lowest BCUT2D eigenvalue weighted by molar-refractivity contribution is -0.119. The molecule has 0 aliphatic heterocycles. The first kappa shape index (κ1) is 19.4. The third-order valence-corrected chi connectivity index (χ3v) is 6.05. The predicted molar refractivity (Wildman–Crippen MR) is 113 cm³/mol. The van der Waals surface area contributed by atoms with Crippen LogP contribution in [0.5, 0.6) is 0 Å². The molecule has 6 nitrogen and oxygen atoms in total. The lowest BCUT2D eigenvalue weighted by atomic mass is 10.1. The molecule has 1 aliphatic carbocycles. The highest BCUT2D eigenvalue weighted by atomic mass is 32.1. The third-order valence-electron chi connectivity index (χ3n) is 5.16. The van der Waals surface area contributed by atoms with Crippen molar-refractivity contribution in [3.63, 3.8) is 0 Å². The molecule has 0 spiro atoms. The molecule has 0 unspecified atom stereocenters. The van der Waals surface area contributed by atoms with E-state index >= 15 is 0 Å². The minimum Gasteiger partial charge on any atom is -0.451 e. The van der Waals surface area contributed by atoms with Gasteiger partial charge in [0.25, 0.3) is 5.91 Å². The zero-order chi connectivity index (χ0) is 20.2. The van der Waals surface area contributed by atoms with Gasteiger partial charge in [0.05, 0.1) is 12.2 Å². The second-order valence-corrected chi connectivity index (χ2v) is 8.17. The van der Waals surface area contributed by atoms with E-state index in [1.165, 1.54) is 24.2 Å². The zero-order valence-corrected chi connectivity index (χ0v) is 17.1. The van der Waals surface area contributed by atoms with E-state index in [9.17, 15) is 9.59 Å². The Morgan fingerprint density at radius 3 is 2.69 bits per heavy atom. The molecular formula is C22H23N3O3S. The van der Waals surface area contributed by atoms with E-state index in [1.807, 2.05) is 47.3 Å². The van der Waals surface area contributed by atoms with Crippen molar-refractivity contribution in [3.8, 4) is 11.1 Å². The van der Waals surface area contributed by atoms with Gasteiger partial charge in [0.1, 0.15) is 10.7 Å². The maximum Gasteiger partial charge on any atom is 0.349 e. The van der Waals surface area contributed by atoms with Gasteiger partial charge in [0.15, 0.2) is 6.61 Å². The van der Waals surface area contributed by atoms with Gasteiger partial charge in [0.2, 0.25) is 0 Å². The molecular weight excluding hydrogens is 386 g/mol. The second kappa shape index (κ2) is 8.61. The number of aryl methyl sites for hydroxylation is 1. The van der Waals surface area contributed by atoms with Crippen LogP contribution < -0.4 is 5.32 Å². The Labute approximate surface area is 173 Å². The van der Waals surface area contributed by atoms with Gasteiger partial charge in [-0.3, -0.25) is 4.79 Å². The fraction of sp³-hybridized carbons (Fsp3) is 0.318. The van der Waals surface area contributed by atoms with E-state index in [1.54, 1.807) is 12.3 Å². The molecule has 1 fully saturated rings. The van der Waals surface area contributed by atoms with Crippen molar-refractivity contribution in [2.45, 2.75) is 38.6 Å². The van der Waals surface area contributed by atoms with Crippen LogP contribution in [0.1, 0.15) is 47.0 Å². The number of esters is 1. The standard InChI is InChI=1S/C22H23N3O3S/c1-15-6-8-16(9-7-15)18-11-13-29-21(18)22(27)28-14-20(26)24-19-10-12-23-25(19)17-4-2-3-5-17/h6-13,17H,2-5,14H2,1H3,(H,24,26). The van der Waals surface area contributed by atoms with Crippen LogP contribution in [0.15, 0.2) is 48.0 Å². The molecule has 1 amide bonds. The topological polar surface area (TPSA) is 73.2 Å². The maximum absolute atomic E-state index is 12.5. The highest BCUT2D eigenvalue weighted by molar-refractivity contribution is 7.12. The Hall–Kier alpha value is -2.93. The first-order valence-electron chi connectivity index (χ1n) is 9.77. The number of carbonyl (C=O) groups excluding carboxylic acids is 2. The fourth-order valence-corrected chi connectivity index (χ4v) is 4.46. The molecule has 0 bridgehead atoms. The van der Waals surface area contributed by atoms with Crippen molar-refractivity contribution in [3.05, 3.63) is 58.4 Å². The highest BCUT2D eigenvalue weighted by Gasteiger charge is 2.21. The lowest BCUT2D eigenvalue weighted by Crippen LogP contribution is -2.23. The van der Waals surface area contributed by atoms with Crippen LogP contribution in [0.3, 0.4) is 0 Å². The Balaban J connectivity index is 1.37. The summed E-state index contributed by atoms with van der Waals surface area (Å²) < 4.78 is 7.14. The van der Waals surface area contributed by atoms with Crippen LogP contribution in [0.2, 0.25) is 0 Å². The van der Waals surface area contributed by atoms with Crippen molar-refractivity contribution < 1.29 is 14.3 Å². The summed E-state index contributed by atoms with van der Waals surface area (Å²) in [6.07, 6.45) is 6.18. The second-order valence-electron chi connectivity index (χ2n) is 7.25. The smallest absolute Gasteiger partial charge is 0.349 e. The Kier molecular flexibility index (Phi) is 5.76. The van der Waals surface area contributed by atoms with E-state index in [4.69, 9.17) is 4.74 Å². The number of anilines is 1. The van der Waals surface area contributed by atoms with E-state index in [0.29, 0.717) is 16.7 Å². The summed E-state index contributed by atoms with van der Waals surface area (Å²) in [4.78, 5) is 25.4. The molecule has 1 N–H and O–H groups in total. The Morgan fingerprint density at radius 2 is 1.93 bits per heavy atom. The SMILES string of the molecule is Cc1ccc(-c2ccsc2C(=O)OCC(=O)Nc2ccnn2C2CCCC2)cc1. The first-order valence-corrected chi connectivity index (χ1v) is 10.6. The first-order chi connectivity index (χ1) is 14.1. The Morgan fingerprint density at radius 1 is 1.17 bits per heavy atom. The maximum atomic E-state index is 12.5. The number of amides is 1. The van der Waals surface area contributed by atoms with Gasteiger partial charge in [-0.15, -0.1) is 11.3 Å². The van der Waals surface area contributed by atoms with Crippen LogP contribution in [-0.4, -0.2) is 28.3 Å². The predicted octanol–water partition coefficient (Wildman–Crippen LogP) is 4.83. The van der Waals surface area contributed by atoms with Gasteiger partial charge in [-0.1, -0.05) is 42.7 Å². The largest absolute Gasteiger partial charge is 0.451 e. The number of benzene rings is 1. The number of carbonyl (C=O) groups is 2. The number of rotatable bonds is 6. The molecule has 3 aromatic rings. The normalized spacial score (nSPS) is 14.1. The van der Waals surface area contributed by atoms with Crippen LogP contribution in [0.25, 0.3) is 11.1 Å². The van der Waals surface area contributed by atoms with Crippen LogP contribution in [0, 0.1) is 6.92 Å². The van der Waals surface area contributed by atoms with Crippen LogP contribution in [-0.2, 0) is 9.53 Å². The molecule has 1 aromatic carbocycles. The summed E-state index contributed by atoms with van der Waals surface area (Å²) >= 11 is 1.31. The summed E-state index contributed by atoms with van der Waals surface area (Å²) in [5, 5.41) is 9.00. The molecule has 0 radical (unpaired) electrons. The van der Waals surface area contributed by atoms with Gasteiger partial charge in [-0.25, -0.2) is 9.48 Å². The van der Waals surface area contributed by atoms with Crippen molar-refractivity contribution >= 4 is 29.0 Å². The zero-order valence-electron chi connectivity index (χ0n) is 16.3. The van der Waals surface area contributed by atoms with E-state index in [2.05, 4.69) is 10.4 Å². The molecule has 29 heavy (non-hydrogen) atoms. The van der Waals surface area contributed by atoms with Gasteiger partial charge in [-0.05, 0) is 36.8 Å². The Bertz CT molecular complexity index is 1000. The van der Waals surface area contributed by atoms with Gasteiger partial charge < -0.3 is 10.1 Å². The molecule has 150 valence electrons. The van der Waals surface area contributed by atoms with Crippen molar-refractivity contribution in [2.75, 3.05) is 11.9 Å². The average molecular weight is 410 g/mol. The average Bonchev–Trinajstić information content (AvgIpc) is 3.47.